The van der Waals surface area contributed by atoms with E-state index >= 15 is 0 Å². The third-order valence-electron chi connectivity index (χ3n) is 4.02. The monoisotopic (exact) mass is 344 g/mol. The molecule has 6 heteroatoms. The van der Waals surface area contributed by atoms with Gasteiger partial charge in [-0.05, 0) is 35.7 Å². The second kappa shape index (κ2) is 6.93. The van der Waals surface area contributed by atoms with E-state index in [4.69, 9.17) is 16.3 Å². The van der Waals surface area contributed by atoms with Crippen LogP contribution >= 0.6 is 11.6 Å². The molecule has 1 N–H and O–H groups in total. The summed E-state index contributed by atoms with van der Waals surface area (Å²) in [5.74, 6) is -0.708. The van der Waals surface area contributed by atoms with Crippen molar-refractivity contribution in [1.82, 2.24) is 4.90 Å². The zero-order chi connectivity index (χ0) is 17.1. The SMILES string of the molecule is COc1ccc(NC(=O)C(=O)N2CCc3ccccc3C2)cc1Cl. The highest BCUT2D eigenvalue weighted by Gasteiger charge is 2.25. The fourth-order valence-electron chi connectivity index (χ4n) is 2.74. The molecule has 0 saturated carbocycles. The van der Waals surface area contributed by atoms with Crippen molar-refractivity contribution in [1.29, 1.82) is 0 Å². The summed E-state index contributed by atoms with van der Waals surface area (Å²) in [5.41, 5.74) is 2.76. The van der Waals surface area contributed by atoms with Crippen LogP contribution in [0.2, 0.25) is 5.02 Å². The Balaban J connectivity index is 1.67. The maximum Gasteiger partial charge on any atom is 0.313 e. The Morgan fingerprint density at radius 3 is 2.62 bits per heavy atom. The van der Waals surface area contributed by atoms with Crippen LogP contribution in [0.3, 0.4) is 0 Å². The first kappa shape index (κ1) is 16.3. The van der Waals surface area contributed by atoms with Gasteiger partial charge >= 0.3 is 11.8 Å². The minimum absolute atomic E-state index is 0.370. The van der Waals surface area contributed by atoms with Crippen molar-refractivity contribution in [3.8, 4) is 5.75 Å². The molecule has 5 nitrogen and oxygen atoms in total. The molecule has 0 spiro atoms. The molecule has 1 aliphatic rings. The second-order valence-corrected chi connectivity index (χ2v) is 5.96. The Morgan fingerprint density at radius 1 is 1.17 bits per heavy atom. The van der Waals surface area contributed by atoms with Crippen LogP contribution in [0.5, 0.6) is 5.75 Å². The average molecular weight is 345 g/mol. The van der Waals surface area contributed by atoms with Crippen LogP contribution in [-0.2, 0) is 22.6 Å². The summed E-state index contributed by atoms with van der Waals surface area (Å²) in [5, 5.41) is 2.95. The fourth-order valence-corrected chi connectivity index (χ4v) is 3.00. The number of hydrogen-bond donors (Lipinski definition) is 1. The number of nitrogens with one attached hydrogen (secondary N) is 1. The number of methoxy groups -OCH3 is 1. The Hall–Kier alpha value is -2.53. The van der Waals surface area contributed by atoms with Gasteiger partial charge in [0.15, 0.2) is 0 Å². The summed E-state index contributed by atoms with van der Waals surface area (Å²) in [6, 6.07) is 12.8. The normalized spacial score (nSPS) is 13.2. The number of ether oxygens (including phenoxy) is 1. The van der Waals surface area contributed by atoms with Gasteiger partial charge in [0.25, 0.3) is 0 Å². The van der Waals surface area contributed by atoms with E-state index in [2.05, 4.69) is 11.4 Å². The molecule has 2 amide bonds. The summed E-state index contributed by atoms with van der Waals surface area (Å²) < 4.78 is 5.06. The van der Waals surface area contributed by atoms with Crippen molar-refractivity contribution in [2.24, 2.45) is 0 Å². The number of hydrogen-bond acceptors (Lipinski definition) is 3. The summed E-state index contributed by atoms with van der Waals surface area (Å²) in [4.78, 5) is 26.1. The molecule has 24 heavy (non-hydrogen) atoms. The second-order valence-electron chi connectivity index (χ2n) is 5.55. The van der Waals surface area contributed by atoms with Gasteiger partial charge in [-0.3, -0.25) is 9.59 Å². The molecular formula is C18H17ClN2O3. The van der Waals surface area contributed by atoms with E-state index in [9.17, 15) is 9.59 Å². The van der Waals surface area contributed by atoms with Crippen LogP contribution in [0, 0.1) is 0 Å². The molecule has 2 aromatic carbocycles. The third kappa shape index (κ3) is 3.36. The van der Waals surface area contributed by atoms with Crippen LogP contribution in [0.15, 0.2) is 42.5 Å². The molecule has 0 saturated heterocycles. The maximum absolute atomic E-state index is 12.4. The minimum Gasteiger partial charge on any atom is -0.495 e. The van der Waals surface area contributed by atoms with Gasteiger partial charge in [-0.2, -0.15) is 0 Å². The number of anilines is 1. The maximum atomic E-state index is 12.4. The van der Waals surface area contributed by atoms with Crippen molar-refractivity contribution < 1.29 is 14.3 Å². The largest absolute Gasteiger partial charge is 0.495 e. The van der Waals surface area contributed by atoms with Gasteiger partial charge in [-0.15, -0.1) is 0 Å². The zero-order valence-corrected chi connectivity index (χ0v) is 14.0. The number of amides is 2. The summed E-state index contributed by atoms with van der Waals surface area (Å²) in [6.45, 7) is 0.985. The average Bonchev–Trinajstić information content (AvgIpc) is 2.60. The molecule has 0 atom stereocenters. The topological polar surface area (TPSA) is 58.6 Å². The highest BCUT2D eigenvalue weighted by Crippen LogP contribution is 2.27. The Bertz CT molecular complexity index is 792. The summed E-state index contributed by atoms with van der Waals surface area (Å²) in [7, 11) is 1.51. The van der Waals surface area contributed by atoms with Gasteiger partial charge in [-0.25, -0.2) is 0 Å². The van der Waals surface area contributed by atoms with E-state index in [1.807, 2.05) is 18.2 Å². The highest BCUT2D eigenvalue weighted by molar-refractivity contribution is 6.39. The minimum atomic E-state index is -0.671. The molecule has 1 heterocycles. The lowest BCUT2D eigenvalue weighted by Crippen LogP contribution is -2.42. The lowest BCUT2D eigenvalue weighted by atomic mass is 10.00. The van der Waals surface area contributed by atoms with Crippen molar-refractivity contribution in [2.45, 2.75) is 13.0 Å². The smallest absolute Gasteiger partial charge is 0.313 e. The van der Waals surface area contributed by atoms with Crippen LogP contribution < -0.4 is 10.1 Å². The van der Waals surface area contributed by atoms with Crippen molar-refractivity contribution in [3.63, 3.8) is 0 Å². The van der Waals surface area contributed by atoms with E-state index in [0.29, 0.717) is 29.5 Å². The molecule has 1 aliphatic heterocycles. The van der Waals surface area contributed by atoms with E-state index in [1.165, 1.54) is 12.7 Å². The van der Waals surface area contributed by atoms with Crippen LogP contribution in [0.25, 0.3) is 0 Å². The lowest BCUT2D eigenvalue weighted by molar-refractivity contribution is -0.143. The molecule has 0 bridgehead atoms. The quantitative estimate of drug-likeness (QED) is 0.852. The predicted octanol–water partition coefficient (Wildman–Crippen LogP) is 2.87. The first-order valence-corrected chi connectivity index (χ1v) is 7.97. The molecular weight excluding hydrogens is 328 g/mol. The molecule has 0 aromatic heterocycles. The van der Waals surface area contributed by atoms with E-state index in [-0.39, 0.29) is 0 Å². The number of carbonyl (C=O) groups is 2. The Morgan fingerprint density at radius 2 is 1.92 bits per heavy atom. The van der Waals surface area contributed by atoms with Crippen LogP contribution in [0.4, 0.5) is 5.69 Å². The first-order valence-electron chi connectivity index (χ1n) is 7.59. The van der Waals surface area contributed by atoms with E-state index < -0.39 is 11.8 Å². The molecule has 3 rings (SSSR count). The van der Waals surface area contributed by atoms with Gasteiger partial charge in [-0.1, -0.05) is 35.9 Å². The standard InChI is InChI=1S/C18H17ClN2O3/c1-24-16-7-6-14(10-15(16)19)20-17(22)18(23)21-9-8-12-4-2-3-5-13(12)11-21/h2-7,10H,8-9,11H2,1H3,(H,20,22). The van der Waals surface area contributed by atoms with E-state index in [1.54, 1.807) is 23.1 Å². The molecule has 124 valence electrons. The number of carbonyl (C=O) groups excluding carboxylic acids is 2. The Kier molecular flexibility index (Phi) is 4.71. The molecule has 0 radical (unpaired) electrons. The van der Waals surface area contributed by atoms with Crippen molar-refractivity contribution in [2.75, 3.05) is 19.0 Å². The van der Waals surface area contributed by atoms with Gasteiger partial charge in [0.05, 0.1) is 12.1 Å². The lowest BCUT2D eigenvalue weighted by Gasteiger charge is -2.28. The van der Waals surface area contributed by atoms with Crippen molar-refractivity contribution >= 4 is 29.1 Å². The molecule has 0 fully saturated rings. The fraction of sp³-hybridized carbons (Fsp3) is 0.222. The van der Waals surface area contributed by atoms with Gasteiger partial charge < -0.3 is 15.0 Å². The highest BCUT2D eigenvalue weighted by atomic mass is 35.5. The Labute approximate surface area is 145 Å². The van der Waals surface area contributed by atoms with Crippen molar-refractivity contribution in [3.05, 3.63) is 58.6 Å². The molecule has 0 aliphatic carbocycles. The number of halogens is 1. The number of benzene rings is 2. The molecule has 0 unspecified atom stereocenters. The number of fused-ring (bicyclic) bond motifs is 1. The number of nitrogens with zero attached hydrogens (tertiary/aromatic N) is 1. The van der Waals surface area contributed by atoms with Gasteiger partial charge in [0.2, 0.25) is 0 Å². The van der Waals surface area contributed by atoms with Gasteiger partial charge in [0.1, 0.15) is 5.75 Å². The molecule has 2 aromatic rings. The van der Waals surface area contributed by atoms with Crippen LogP contribution in [-0.4, -0.2) is 30.4 Å². The van der Waals surface area contributed by atoms with E-state index in [0.717, 1.165) is 12.0 Å². The van der Waals surface area contributed by atoms with Crippen LogP contribution in [0.1, 0.15) is 11.1 Å². The predicted molar refractivity (Wildman–Crippen MR) is 92.2 cm³/mol. The summed E-state index contributed by atoms with van der Waals surface area (Å²) >= 11 is 6.03. The zero-order valence-electron chi connectivity index (χ0n) is 13.2. The summed E-state index contributed by atoms with van der Waals surface area (Å²) in [6.07, 6.45) is 0.754. The first-order chi connectivity index (χ1) is 11.6. The number of rotatable bonds is 2. The van der Waals surface area contributed by atoms with Gasteiger partial charge in [0, 0.05) is 18.8 Å². The third-order valence-corrected chi connectivity index (χ3v) is 4.32.